The van der Waals surface area contributed by atoms with Crippen LogP contribution in [0.1, 0.15) is 11.5 Å². The largest absolute Gasteiger partial charge is 0.395 e. The maximum atomic E-state index is 6.00. The summed E-state index contributed by atoms with van der Waals surface area (Å²) in [7, 11) is 5.65. The number of nitrogen functional groups attached to an aromatic ring is 1. The molecule has 2 N–H and O–H groups in total. The van der Waals surface area contributed by atoms with Crippen LogP contribution in [0.25, 0.3) is 16.7 Å². The van der Waals surface area contributed by atoms with E-state index in [1.165, 1.54) is 0 Å². The van der Waals surface area contributed by atoms with E-state index in [1.807, 2.05) is 12.1 Å². The molecule has 0 aliphatic carbocycles. The summed E-state index contributed by atoms with van der Waals surface area (Å²) in [6.07, 6.45) is 3.37. The first kappa shape index (κ1) is 11.3. The van der Waals surface area contributed by atoms with Gasteiger partial charge in [-0.25, -0.2) is 9.97 Å². The van der Waals surface area contributed by atoms with Crippen molar-refractivity contribution in [1.29, 1.82) is 0 Å². The Bertz CT molecular complexity index is 566. The predicted octanol–water partition coefficient (Wildman–Crippen LogP) is 1.57. The van der Waals surface area contributed by atoms with Gasteiger partial charge in [0, 0.05) is 18.0 Å². The molecule has 2 heterocycles. The molecule has 2 aromatic heterocycles. The van der Waals surface area contributed by atoms with Gasteiger partial charge in [0.1, 0.15) is 13.7 Å². The molecule has 0 saturated carbocycles. The topological polar surface area (TPSA) is 64.7 Å². The summed E-state index contributed by atoms with van der Waals surface area (Å²) in [5.74, 6) is 0.604. The highest BCUT2D eigenvalue weighted by Gasteiger charge is 2.11. The van der Waals surface area contributed by atoms with Crippen LogP contribution in [-0.4, -0.2) is 22.8 Å². The van der Waals surface area contributed by atoms with E-state index >= 15 is 0 Å². The molecular weight excluding hydrogens is 211 g/mol. The first-order valence-electron chi connectivity index (χ1n) is 5.09. The van der Waals surface area contributed by atoms with Crippen LogP contribution in [0.3, 0.4) is 0 Å². The molecule has 2 radical (unpaired) electrons. The first-order chi connectivity index (χ1) is 8.09. The second kappa shape index (κ2) is 4.37. The normalized spacial score (nSPS) is 10.2. The molecule has 4 nitrogen and oxygen atoms in total. The molecule has 82 valence electrons. The highest BCUT2D eigenvalue weighted by molar-refractivity contribution is 6.42. The van der Waals surface area contributed by atoms with Gasteiger partial charge in [0.05, 0.1) is 17.1 Å². The van der Waals surface area contributed by atoms with Crippen molar-refractivity contribution in [1.82, 2.24) is 15.0 Å². The zero-order chi connectivity index (χ0) is 12.4. The summed E-state index contributed by atoms with van der Waals surface area (Å²) in [6.45, 7) is 5.45. The minimum absolute atomic E-state index is 0.336. The standard InChI is InChI=1S/C12H11BN4/c1-7(13)11-10(14)12(17-8(2)16-11)9-3-5-15-6-4-9/h3-6H,1,14H2,2H3. The number of hydrogen-bond donors (Lipinski definition) is 1. The quantitative estimate of drug-likeness (QED) is 0.783. The van der Waals surface area contributed by atoms with Crippen molar-refractivity contribution in [3.63, 3.8) is 0 Å². The lowest BCUT2D eigenvalue weighted by atomic mass is 9.92. The van der Waals surface area contributed by atoms with Crippen LogP contribution in [0.15, 0.2) is 31.1 Å². The molecule has 0 fully saturated rings. The average molecular weight is 222 g/mol. The fourth-order valence-electron chi connectivity index (χ4n) is 1.56. The van der Waals surface area contributed by atoms with E-state index in [0.717, 1.165) is 5.56 Å². The van der Waals surface area contributed by atoms with E-state index in [9.17, 15) is 0 Å². The third-order valence-electron chi connectivity index (χ3n) is 2.32. The third kappa shape index (κ3) is 2.18. The van der Waals surface area contributed by atoms with E-state index in [2.05, 4.69) is 21.5 Å². The first-order valence-corrected chi connectivity index (χ1v) is 5.09. The molecule has 0 amide bonds. The number of pyridine rings is 1. The van der Waals surface area contributed by atoms with Crippen LogP contribution >= 0.6 is 0 Å². The van der Waals surface area contributed by atoms with Gasteiger partial charge in [-0.3, -0.25) is 4.98 Å². The maximum Gasteiger partial charge on any atom is 0.126 e. The monoisotopic (exact) mass is 222 g/mol. The van der Waals surface area contributed by atoms with Gasteiger partial charge in [0.25, 0.3) is 0 Å². The zero-order valence-corrected chi connectivity index (χ0v) is 9.51. The minimum Gasteiger partial charge on any atom is -0.395 e. The van der Waals surface area contributed by atoms with Crippen molar-refractivity contribution in [2.24, 2.45) is 0 Å². The Hall–Kier alpha value is -2.17. The van der Waals surface area contributed by atoms with Crippen LogP contribution in [0, 0.1) is 6.92 Å². The van der Waals surface area contributed by atoms with Crippen molar-refractivity contribution in [3.8, 4) is 11.3 Å². The molecule has 0 unspecified atom stereocenters. The van der Waals surface area contributed by atoms with E-state index in [-0.39, 0.29) is 0 Å². The van der Waals surface area contributed by atoms with Gasteiger partial charge in [0.15, 0.2) is 0 Å². The number of hydrogen-bond acceptors (Lipinski definition) is 4. The molecule has 0 aliphatic heterocycles. The minimum atomic E-state index is 0.336. The van der Waals surface area contributed by atoms with E-state index in [1.54, 1.807) is 19.3 Å². The maximum absolute atomic E-state index is 6.00. The molecular formula is C12H11BN4. The Balaban J connectivity index is 2.67. The van der Waals surface area contributed by atoms with Crippen LogP contribution in [0.4, 0.5) is 5.69 Å². The van der Waals surface area contributed by atoms with Gasteiger partial charge in [-0.2, -0.15) is 0 Å². The molecule has 5 heteroatoms. The van der Waals surface area contributed by atoms with Crippen molar-refractivity contribution in [2.45, 2.75) is 6.92 Å². The van der Waals surface area contributed by atoms with E-state index in [4.69, 9.17) is 13.6 Å². The predicted molar refractivity (Wildman–Crippen MR) is 69.2 cm³/mol. The fourth-order valence-corrected chi connectivity index (χ4v) is 1.56. The van der Waals surface area contributed by atoms with E-state index < -0.39 is 0 Å². The Labute approximate surface area is 101 Å². The molecule has 0 bridgehead atoms. The molecule has 17 heavy (non-hydrogen) atoms. The van der Waals surface area contributed by atoms with Crippen molar-refractivity contribution in [2.75, 3.05) is 5.73 Å². The average Bonchev–Trinajstić information content (AvgIpc) is 2.32. The highest BCUT2D eigenvalue weighted by Crippen LogP contribution is 2.27. The number of nitrogens with two attached hydrogens (primary N) is 1. The van der Waals surface area contributed by atoms with Crippen molar-refractivity contribution < 1.29 is 0 Å². The lowest BCUT2D eigenvalue weighted by Gasteiger charge is -2.10. The molecule has 2 aromatic rings. The lowest BCUT2D eigenvalue weighted by Crippen LogP contribution is -2.04. The molecule has 0 spiro atoms. The Morgan fingerprint density at radius 1 is 1.29 bits per heavy atom. The number of aromatic nitrogens is 3. The fraction of sp³-hybridized carbons (Fsp3) is 0.0833. The van der Waals surface area contributed by atoms with Gasteiger partial charge in [-0.05, 0) is 19.1 Å². The molecule has 0 saturated heterocycles. The number of rotatable bonds is 2. The third-order valence-corrected chi connectivity index (χ3v) is 2.32. The SMILES string of the molecule is [B]C(=C)c1nc(C)nc(-c2ccncc2)c1N. The summed E-state index contributed by atoms with van der Waals surface area (Å²) < 4.78 is 0. The van der Waals surface area contributed by atoms with Gasteiger partial charge >= 0.3 is 0 Å². The molecule has 0 atom stereocenters. The second-order valence-electron chi connectivity index (χ2n) is 3.64. The Morgan fingerprint density at radius 3 is 2.53 bits per heavy atom. The number of anilines is 1. The summed E-state index contributed by atoms with van der Waals surface area (Å²) >= 11 is 0. The van der Waals surface area contributed by atoms with Gasteiger partial charge < -0.3 is 5.73 Å². The highest BCUT2D eigenvalue weighted by atomic mass is 14.9. The van der Waals surface area contributed by atoms with Gasteiger partial charge in [-0.15, -0.1) is 6.58 Å². The second-order valence-corrected chi connectivity index (χ2v) is 3.64. The van der Waals surface area contributed by atoms with Crippen molar-refractivity contribution in [3.05, 3.63) is 42.6 Å². The Morgan fingerprint density at radius 2 is 1.94 bits per heavy atom. The van der Waals surface area contributed by atoms with Crippen LogP contribution in [-0.2, 0) is 0 Å². The van der Waals surface area contributed by atoms with Gasteiger partial charge in [-0.1, -0.05) is 5.47 Å². The zero-order valence-electron chi connectivity index (χ0n) is 9.51. The van der Waals surface area contributed by atoms with Crippen molar-refractivity contribution >= 4 is 19.0 Å². The summed E-state index contributed by atoms with van der Waals surface area (Å²) in [5, 5.41) is 0. The van der Waals surface area contributed by atoms with Crippen LogP contribution < -0.4 is 5.73 Å². The molecule has 2 rings (SSSR count). The lowest BCUT2D eigenvalue weighted by molar-refractivity contribution is 1.05. The summed E-state index contributed by atoms with van der Waals surface area (Å²) in [5.41, 5.74) is 8.80. The molecule has 0 aliphatic rings. The van der Waals surface area contributed by atoms with E-state index in [0.29, 0.717) is 28.4 Å². The van der Waals surface area contributed by atoms with Gasteiger partial charge in [0.2, 0.25) is 0 Å². The smallest absolute Gasteiger partial charge is 0.126 e. The summed E-state index contributed by atoms with van der Waals surface area (Å²) in [4.78, 5) is 12.5. The van der Waals surface area contributed by atoms with Crippen LogP contribution in [0.2, 0.25) is 0 Å². The number of aryl methyl sites for hydroxylation is 1. The number of nitrogens with zero attached hydrogens (tertiary/aromatic N) is 3. The molecule has 0 aromatic carbocycles. The van der Waals surface area contributed by atoms with Crippen LogP contribution in [0.5, 0.6) is 0 Å². The Kier molecular flexibility index (Phi) is 2.91. The summed E-state index contributed by atoms with van der Waals surface area (Å²) in [6, 6.07) is 3.67.